The first-order valence-electron chi connectivity index (χ1n) is 9.46. The Labute approximate surface area is 182 Å². The summed E-state index contributed by atoms with van der Waals surface area (Å²) in [6.07, 6.45) is 0.815. The molecule has 0 amide bonds. The molecule has 1 atom stereocenters. The summed E-state index contributed by atoms with van der Waals surface area (Å²) in [6, 6.07) is 10.5. The number of aldehydes is 1. The standard InChI is InChI=1S/C22H19NO6S2/c1-12(2)20(22(25)26)23-31(27,28)15-4-5-16-17-9-13(21-14(11-24)7-8-30-21)3-6-18(17)29-19(16)10-15/h3-12,20,23H,1-2H3,(H,25,26)/t20-/m0/s1. The number of hydrogen-bond acceptors (Lipinski definition) is 6. The Hall–Kier alpha value is -3.01. The summed E-state index contributed by atoms with van der Waals surface area (Å²) in [4.78, 5) is 23.4. The molecule has 7 nitrogen and oxygen atoms in total. The van der Waals surface area contributed by atoms with Crippen LogP contribution in [0.25, 0.3) is 32.4 Å². The Morgan fingerprint density at radius 2 is 1.87 bits per heavy atom. The molecule has 4 rings (SSSR count). The van der Waals surface area contributed by atoms with Gasteiger partial charge in [0, 0.05) is 27.3 Å². The van der Waals surface area contributed by atoms with Crippen molar-refractivity contribution in [3.63, 3.8) is 0 Å². The largest absolute Gasteiger partial charge is 0.480 e. The number of rotatable bonds is 7. The molecule has 0 aliphatic carbocycles. The molecule has 0 saturated carbocycles. The number of carboxylic acids is 1. The van der Waals surface area contributed by atoms with Crippen molar-refractivity contribution < 1.29 is 27.5 Å². The maximum atomic E-state index is 12.7. The van der Waals surface area contributed by atoms with Crippen molar-refractivity contribution in [2.75, 3.05) is 0 Å². The summed E-state index contributed by atoms with van der Waals surface area (Å²) in [5.74, 6) is -1.66. The second-order valence-electron chi connectivity index (χ2n) is 7.48. The molecule has 2 heterocycles. The minimum absolute atomic E-state index is 0.0762. The van der Waals surface area contributed by atoms with E-state index in [1.54, 1.807) is 32.0 Å². The SMILES string of the molecule is CC(C)[C@H](NS(=O)(=O)c1ccc2c(c1)oc1ccc(-c3sccc3C=O)cc12)C(=O)O. The summed E-state index contributed by atoms with van der Waals surface area (Å²) in [5, 5.41) is 12.7. The molecule has 0 saturated heterocycles. The Morgan fingerprint density at radius 3 is 2.55 bits per heavy atom. The first kappa shape index (κ1) is 21.2. The lowest BCUT2D eigenvalue weighted by Crippen LogP contribution is -2.44. The molecule has 31 heavy (non-hydrogen) atoms. The van der Waals surface area contributed by atoms with Gasteiger partial charge in [-0.05, 0) is 53.3 Å². The molecule has 0 aliphatic heterocycles. The van der Waals surface area contributed by atoms with Gasteiger partial charge in [0.15, 0.2) is 6.29 Å². The molecule has 2 aromatic heterocycles. The first-order valence-corrected chi connectivity index (χ1v) is 11.8. The van der Waals surface area contributed by atoms with Gasteiger partial charge in [0.2, 0.25) is 10.0 Å². The van der Waals surface area contributed by atoms with Gasteiger partial charge in [-0.15, -0.1) is 11.3 Å². The highest BCUT2D eigenvalue weighted by Crippen LogP contribution is 2.36. The predicted octanol–water partition coefficient (Wildman–Crippen LogP) is 4.51. The third-order valence-corrected chi connectivity index (χ3v) is 7.47. The Bertz CT molecular complexity index is 1410. The van der Waals surface area contributed by atoms with Crippen LogP contribution in [0.5, 0.6) is 0 Å². The van der Waals surface area contributed by atoms with Crippen molar-refractivity contribution in [3.8, 4) is 10.4 Å². The average molecular weight is 458 g/mol. The van der Waals surface area contributed by atoms with Crippen LogP contribution in [0.4, 0.5) is 0 Å². The molecule has 0 unspecified atom stereocenters. The summed E-state index contributed by atoms with van der Waals surface area (Å²) in [5.41, 5.74) is 2.42. The fourth-order valence-corrected chi connectivity index (χ4v) is 5.64. The minimum Gasteiger partial charge on any atom is -0.480 e. The van der Waals surface area contributed by atoms with Gasteiger partial charge in [-0.1, -0.05) is 13.8 Å². The number of fused-ring (bicyclic) bond motifs is 3. The molecule has 4 aromatic rings. The molecule has 0 aliphatic rings. The second kappa shape index (κ2) is 7.92. The van der Waals surface area contributed by atoms with E-state index in [0.717, 1.165) is 27.5 Å². The van der Waals surface area contributed by atoms with Gasteiger partial charge in [-0.3, -0.25) is 9.59 Å². The van der Waals surface area contributed by atoms with Gasteiger partial charge in [0.25, 0.3) is 0 Å². The van der Waals surface area contributed by atoms with Crippen LogP contribution < -0.4 is 4.72 Å². The Balaban J connectivity index is 1.77. The lowest BCUT2D eigenvalue weighted by molar-refractivity contribution is -0.140. The van der Waals surface area contributed by atoms with E-state index in [0.29, 0.717) is 16.7 Å². The van der Waals surface area contributed by atoms with Gasteiger partial charge in [-0.2, -0.15) is 4.72 Å². The maximum Gasteiger partial charge on any atom is 0.322 e. The van der Waals surface area contributed by atoms with Gasteiger partial charge in [-0.25, -0.2) is 8.42 Å². The molecule has 9 heteroatoms. The van der Waals surface area contributed by atoms with E-state index in [9.17, 15) is 23.1 Å². The van der Waals surface area contributed by atoms with E-state index in [1.165, 1.54) is 23.5 Å². The van der Waals surface area contributed by atoms with E-state index in [1.807, 2.05) is 17.5 Å². The summed E-state index contributed by atoms with van der Waals surface area (Å²) in [7, 11) is -4.06. The van der Waals surface area contributed by atoms with Crippen LogP contribution in [0.3, 0.4) is 0 Å². The van der Waals surface area contributed by atoms with Gasteiger partial charge in [0.05, 0.1) is 4.90 Å². The predicted molar refractivity (Wildman–Crippen MR) is 119 cm³/mol. The van der Waals surface area contributed by atoms with Gasteiger partial charge in [0.1, 0.15) is 17.2 Å². The van der Waals surface area contributed by atoms with E-state index in [4.69, 9.17) is 4.42 Å². The zero-order valence-electron chi connectivity index (χ0n) is 16.7. The van der Waals surface area contributed by atoms with Crippen molar-refractivity contribution in [3.05, 3.63) is 53.4 Å². The highest BCUT2D eigenvalue weighted by molar-refractivity contribution is 7.89. The molecule has 160 valence electrons. The highest BCUT2D eigenvalue weighted by Gasteiger charge is 2.28. The molecular formula is C22H19NO6S2. The van der Waals surface area contributed by atoms with Crippen LogP contribution >= 0.6 is 11.3 Å². The number of thiophene rings is 1. The van der Waals surface area contributed by atoms with Crippen LogP contribution in [0.15, 0.2) is 57.2 Å². The number of sulfonamides is 1. The number of carbonyl (C=O) groups is 2. The molecule has 0 bridgehead atoms. The van der Waals surface area contributed by atoms with Crippen LogP contribution in [0, 0.1) is 5.92 Å². The summed E-state index contributed by atoms with van der Waals surface area (Å²) >= 11 is 1.46. The van der Waals surface area contributed by atoms with Crippen molar-refractivity contribution in [2.45, 2.75) is 24.8 Å². The monoisotopic (exact) mass is 457 g/mol. The van der Waals surface area contributed by atoms with Crippen molar-refractivity contribution in [2.24, 2.45) is 5.92 Å². The third kappa shape index (κ3) is 3.87. The number of carboxylic acid groups (broad SMARTS) is 1. The van der Waals surface area contributed by atoms with E-state index >= 15 is 0 Å². The summed E-state index contributed by atoms with van der Waals surface area (Å²) in [6.45, 7) is 3.26. The maximum absolute atomic E-state index is 12.7. The average Bonchev–Trinajstić information content (AvgIpc) is 3.34. The van der Waals surface area contributed by atoms with Gasteiger partial charge >= 0.3 is 5.97 Å². The van der Waals surface area contributed by atoms with E-state index < -0.39 is 28.0 Å². The smallest absolute Gasteiger partial charge is 0.322 e. The molecule has 0 spiro atoms. The fraction of sp³-hybridized carbons (Fsp3) is 0.182. The van der Waals surface area contributed by atoms with Crippen LogP contribution in [0.1, 0.15) is 24.2 Å². The highest BCUT2D eigenvalue weighted by atomic mass is 32.2. The van der Waals surface area contributed by atoms with E-state index in [-0.39, 0.29) is 4.90 Å². The molecule has 2 aromatic carbocycles. The zero-order valence-corrected chi connectivity index (χ0v) is 18.3. The normalized spacial score (nSPS) is 13.1. The number of furan rings is 1. The number of carbonyl (C=O) groups excluding carboxylic acids is 1. The number of benzene rings is 2. The molecule has 2 N–H and O–H groups in total. The number of hydrogen-bond donors (Lipinski definition) is 2. The summed E-state index contributed by atoms with van der Waals surface area (Å²) < 4.78 is 33.6. The molecule has 0 fully saturated rings. The number of nitrogens with one attached hydrogen (secondary N) is 1. The van der Waals surface area contributed by atoms with Crippen molar-refractivity contribution in [1.82, 2.24) is 4.72 Å². The minimum atomic E-state index is -4.06. The Kier molecular flexibility index (Phi) is 5.42. The van der Waals surface area contributed by atoms with Crippen LogP contribution in [-0.4, -0.2) is 31.8 Å². The fourth-order valence-electron chi connectivity index (χ4n) is 3.42. The molecule has 0 radical (unpaired) electrons. The van der Waals surface area contributed by atoms with Crippen molar-refractivity contribution in [1.29, 1.82) is 0 Å². The topological polar surface area (TPSA) is 114 Å². The molecular weight excluding hydrogens is 438 g/mol. The van der Waals surface area contributed by atoms with E-state index in [2.05, 4.69) is 4.72 Å². The zero-order chi connectivity index (χ0) is 22.3. The van der Waals surface area contributed by atoms with Gasteiger partial charge < -0.3 is 9.52 Å². The third-order valence-electron chi connectivity index (χ3n) is 5.05. The quantitative estimate of drug-likeness (QED) is 0.395. The first-order chi connectivity index (χ1) is 14.7. The van der Waals surface area contributed by atoms with Crippen molar-refractivity contribution >= 4 is 55.6 Å². The van der Waals surface area contributed by atoms with Crippen LogP contribution in [-0.2, 0) is 14.8 Å². The lowest BCUT2D eigenvalue weighted by Gasteiger charge is -2.17. The Morgan fingerprint density at radius 1 is 1.10 bits per heavy atom. The van der Waals surface area contributed by atoms with Crippen LogP contribution in [0.2, 0.25) is 0 Å². The second-order valence-corrected chi connectivity index (χ2v) is 10.1. The lowest BCUT2D eigenvalue weighted by atomic mass is 10.1. The number of aliphatic carboxylic acids is 1.